The van der Waals surface area contributed by atoms with E-state index in [9.17, 15) is 9.59 Å². The van der Waals surface area contributed by atoms with E-state index in [-0.39, 0.29) is 11.5 Å². The van der Waals surface area contributed by atoms with Crippen LogP contribution in [0.5, 0.6) is 0 Å². The summed E-state index contributed by atoms with van der Waals surface area (Å²) in [6, 6.07) is 7.63. The molecular formula is C20H21N3O2S. The summed E-state index contributed by atoms with van der Waals surface area (Å²) in [4.78, 5) is 33.9. The van der Waals surface area contributed by atoms with Crippen molar-refractivity contribution < 1.29 is 4.79 Å². The Morgan fingerprint density at radius 1 is 1.15 bits per heavy atom. The van der Waals surface area contributed by atoms with E-state index in [4.69, 9.17) is 0 Å². The van der Waals surface area contributed by atoms with E-state index < -0.39 is 0 Å². The molecule has 134 valence electrons. The monoisotopic (exact) mass is 367 g/mol. The number of piperidine rings is 1. The fourth-order valence-electron chi connectivity index (χ4n) is 4.67. The van der Waals surface area contributed by atoms with Crippen LogP contribution < -0.4 is 5.56 Å². The van der Waals surface area contributed by atoms with Gasteiger partial charge in [-0.25, -0.2) is 4.98 Å². The SMILES string of the molecule is O=C(c1cc2c(=O)n3ccccc3nc2s1)N1CCC[C@H]2CCCC[C@H]21. The van der Waals surface area contributed by atoms with Crippen molar-refractivity contribution >= 4 is 33.1 Å². The molecule has 1 saturated carbocycles. The zero-order chi connectivity index (χ0) is 17.7. The molecule has 3 aromatic rings. The van der Waals surface area contributed by atoms with Gasteiger partial charge in [0.05, 0.1) is 10.3 Å². The Kier molecular flexibility index (Phi) is 3.81. The molecule has 1 aliphatic heterocycles. The van der Waals surface area contributed by atoms with Gasteiger partial charge in [-0.15, -0.1) is 11.3 Å². The second kappa shape index (κ2) is 6.20. The van der Waals surface area contributed by atoms with E-state index in [0.29, 0.717) is 32.7 Å². The Morgan fingerprint density at radius 2 is 2.00 bits per heavy atom. The van der Waals surface area contributed by atoms with Crippen molar-refractivity contribution in [1.29, 1.82) is 0 Å². The van der Waals surface area contributed by atoms with Crippen LogP contribution in [0.1, 0.15) is 48.2 Å². The molecule has 2 aliphatic rings. The van der Waals surface area contributed by atoms with Gasteiger partial charge in [0.15, 0.2) is 0 Å². The normalized spacial score (nSPS) is 23.3. The zero-order valence-electron chi connectivity index (χ0n) is 14.6. The van der Waals surface area contributed by atoms with Gasteiger partial charge in [-0.2, -0.15) is 0 Å². The molecule has 4 heterocycles. The van der Waals surface area contributed by atoms with Gasteiger partial charge in [-0.05, 0) is 49.8 Å². The summed E-state index contributed by atoms with van der Waals surface area (Å²) in [5.74, 6) is 0.736. The fourth-order valence-corrected chi connectivity index (χ4v) is 5.66. The summed E-state index contributed by atoms with van der Waals surface area (Å²) in [6.07, 6.45) is 8.92. The van der Waals surface area contributed by atoms with Crippen LogP contribution in [0.15, 0.2) is 35.3 Å². The summed E-state index contributed by atoms with van der Waals surface area (Å²) in [5, 5.41) is 0.541. The third-order valence-electron chi connectivity index (χ3n) is 5.93. The van der Waals surface area contributed by atoms with E-state index in [0.717, 1.165) is 19.4 Å². The summed E-state index contributed by atoms with van der Waals surface area (Å²) in [6.45, 7) is 0.836. The molecule has 0 radical (unpaired) electrons. The molecule has 1 amide bonds. The van der Waals surface area contributed by atoms with Gasteiger partial charge in [0.25, 0.3) is 11.5 Å². The van der Waals surface area contributed by atoms with Crippen molar-refractivity contribution in [2.75, 3.05) is 6.54 Å². The lowest BCUT2D eigenvalue weighted by Gasteiger charge is -2.44. The zero-order valence-corrected chi connectivity index (χ0v) is 15.4. The average molecular weight is 367 g/mol. The molecule has 26 heavy (non-hydrogen) atoms. The quantitative estimate of drug-likeness (QED) is 0.659. The predicted octanol–water partition coefficient (Wildman–Crippen LogP) is 3.70. The summed E-state index contributed by atoms with van der Waals surface area (Å²) >= 11 is 1.35. The Labute approximate surface area is 155 Å². The Morgan fingerprint density at radius 3 is 2.92 bits per heavy atom. The maximum atomic E-state index is 13.2. The highest BCUT2D eigenvalue weighted by Gasteiger charge is 2.36. The average Bonchev–Trinajstić information content (AvgIpc) is 3.11. The van der Waals surface area contributed by atoms with E-state index in [1.807, 2.05) is 18.2 Å². The molecule has 3 aromatic heterocycles. The number of likely N-dealkylation sites (tertiary alicyclic amines) is 1. The maximum Gasteiger partial charge on any atom is 0.266 e. The van der Waals surface area contributed by atoms with Crippen molar-refractivity contribution in [1.82, 2.24) is 14.3 Å². The molecule has 0 aromatic carbocycles. The van der Waals surface area contributed by atoms with Gasteiger partial charge >= 0.3 is 0 Å². The number of thiophene rings is 1. The largest absolute Gasteiger partial charge is 0.335 e. The second-order valence-corrected chi connectivity index (χ2v) is 8.46. The summed E-state index contributed by atoms with van der Waals surface area (Å²) in [7, 11) is 0. The Hall–Kier alpha value is -2.21. The number of carbonyl (C=O) groups excluding carboxylic acids is 1. The second-order valence-electron chi connectivity index (χ2n) is 7.43. The lowest BCUT2D eigenvalue weighted by atomic mass is 9.78. The van der Waals surface area contributed by atoms with Crippen LogP contribution in [0.25, 0.3) is 15.9 Å². The standard InChI is InChI=1S/C20H21N3O2S/c24-19-14-12-16(26-18(14)21-17-9-3-4-10-23(17)19)20(25)22-11-5-7-13-6-1-2-8-15(13)22/h3-4,9-10,12-13,15H,1-2,5-8,11H2/t13-,15-/m1/s1. The minimum atomic E-state index is -0.102. The van der Waals surface area contributed by atoms with Gasteiger partial charge in [0, 0.05) is 18.8 Å². The molecule has 2 fully saturated rings. The van der Waals surface area contributed by atoms with E-state index in [1.165, 1.54) is 37.0 Å². The van der Waals surface area contributed by atoms with Gasteiger partial charge in [0.1, 0.15) is 10.5 Å². The lowest BCUT2D eigenvalue weighted by Crippen LogP contribution is -2.49. The smallest absolute Gasteiger partial charge is 0.266 e. The van der Waals surface area contributed by atoms with Crippen molar-refractivity contribution in [3.63, 3.8) is 0 Å². The van der Waals surface area contributed by atoms with Crippen LogP contribution >= 0.6 is 11.3 Å². The van der Waals surface area contributed by atoms with Crippen LogP contribution in [-0.2, 0) is 0 Å². The third-order valence-corrected chi connectivity index (χ3v) is 6.95. The van der Waals surface area contributed by atoms with Crippen LogP contribution in [0.3, 0.4) is 0 Å². The van der Waals surface area contributed by atoms with Crippen molar-refractivity contribution in [2.24, 2.45) is 5.92 Å². The molecule has 0 unspecified atom stereocenters. The molecule has 1 saturated heterocycles. The van der Waals surface area contributed by atoms with Crippen molar-refractivity contribution in [3.05, 3.63) is 45.7 Å². The highest BCUT2D eigenvalue weighted by molar-refractivity contribution is 7.20. The van der Waals surface area contributed by atoms with Gasteiger partial charge in [0.2, 0.25) is 0 Å². The highest BCUT2D eigenvalue weighted by atomic mass is 32.1. The number of pyridine rings is 1. The first-order valence-corrected chi connectivity index (χ1v) is 10.3. The topological polar surface area (TPSA) is 54.7 Å². The van der Waals surface area contributed by atoms with Crippen molar-refractivity contribution in [2.45, 2.75) is 44.6 Å². The number of carbonyl (C=O) groups is 1. The fraction of sp³-hybridized carbons (Fsp3) is 0.450. The number of hydrogen-bond donors (Lipinski definition) is 0. The number of aromatic nitrogens is 2. The molecule has 0 bridgehead atoms. The van der Waals surface area contributed by atoms with Crippen LogP contribution in [0, 0.1) is 5.92 Å². The number of hydrogen-bond acceptors (Lipinski definition) is 4. The van der Waals surface area contributed by atoms with Crippen LogP contribution in [0.2, 0.25) is 0 Å². The van der Waals surface area contributed by atoms with Gasteiger partial charge < -0.3 is 4.90 Å². The lowest BCUT2D eigenvalue weighted by molar-refractivity contribution is 0.0395. The minimum Gasteiger partial charge on any atom is -0.335 e. The summed E-state index contributed by atoms with van der Waals surface area (Å²) < 4.78 is 1.54. The Balaban J connectivity index is 1.56. The first kappa shape index (κ1) is 16.0. The molecule has 5 rings (SSSR count). The number of fused-ring (bicyclic) bond motifs is 3. The van der Waals surface area contributed by atoms with E-state index in [1.54, 1.807) is 16.7 Å². The van der Waals surface area contributed by atoms with Crippen LogP contribution in [-0.4, -0.2) is 32.8 Å². The van der Waals surface area contributed by atoms with E-state index >= 15 is 0 Å². The number of amides is 1. The number of nitrogens with zero attached hydrogens (tertiary/aromatic N) is 3. The molecule has 0 spiro atoms. The molecule has 2 atom stereocenters. The summed E-state index contributed by atoms with van der Waals surface area (Å²) in [5.41, 5.74) is 0.520. The Bertz CT molecular complexity index is 1050. The maximum absolute atomic E-state index is 13.2. The molecule has 1 aliphatic carbocycles. The van der Waals surface area contributed by atoms with Gasteiger partial charge in [-0.3, -0.25) is 14.0 Å². The molecule has 5 nitrogen and oxygen atoms in total. The highest BCUT2D eigenvalue weighted by Crippen LogP contribution is 2.36. The van der Waals surface area contributed by atoms with Crippen LogP contribution in [0.4, 0.5) is 0 Å². The molecular weight excluding hydrogens is 346 g/mol. The molecule has 6 heteroatoms. The van der Waals surface area contributed by atoms with Gasteiger partial charge in [-0.1, -0.05) is 18.9 Å². The first-order valence-electron chi connectivity index (χ1n) is 9.44. The minimum absolute atomic E-state index is 0.0815. The third kappa shape index (κ3) is 2.47. The first-order chi connectivity index (χ1) is 12.7. The molecule has 0 N–H and O–H groups in total. The number of rotatable bonds is 1. The predicted molar refractivity (Wildman–Crippen MR) is 103 cm³/mol. The van der Waals surface area contributed by atoms with Crippen molar-refractivity contribution in [3.8, 4) is 0 Å². The van der Waals surface area contributed by atoms with E-state index in [2.05, 4.69) is 9.88 Å².